The second kappa shape index (κ2) is 20.2. The lowest BCUT2D eigenvalue weighted by atomic mass is 9.84. The minimum atomic E-state index is -1.23. The molecule has 0 bridgehead atoms. The fraction of sp³-hybridized carbons (Fsp3) is 0.458. The Labute approximate surface area is 360 Å². The number of aromatic nitrogens is 2. The highest BCUT2D eigenvalue weighted by atomic mass is 16.4. The van der Waals surface area contributed by atoms with Gasteiger partial charge in [-0.25, -0.2) is 9.59 Å². The molecule has 2 aromatic heterocycles. The standard InChI is InChI=1S/C48H63N7O6/c1-32-15-14-18-36(50-32)31-54-27-28-55(45(54)59)42(48(5,6)7)44(58)52-39(25-22-33-20-23-35(24-21-33)38-19-12-13-26-49-38)40(56)30-37(29-34-16-10-9-11-17-34)51-43(57)41(47(2,3)4)53(8)46(60)61/h9-21,23-24,26,37,39-42,56H,22,25,27-31H2,1-8H3,(H,51,57)(H,52,58)(H,60,61)/t37-,39-,40-,41+,42+/m0/s1. The van der Waals surface area contributed by atoms with Crippen LogP contribution < -0.4 is 10.6 Å². The zero-order chi connectivity index (χ0) is 44.5. The van der Waals surface area contributed by atoms with Gasteiger partial charge in [-0.05, 0) is 78.8 Å². The summed E-state index contributed by atoms with van der Waals surface area (Å²) in [6.45, 7) is 14.2. The molecular formula is C48H63N7O6. The number of likely N-dealkylation sites (N-methyl/N-ethyl adjacent to an activating group) is 1. The summed E-state index contributed by atoms with van der Waals surface area (Å²) >= 11 is 0. The Morgan fingerprint density at radius 2 is 1.51 bits per heavy atom. The van der Waals surface area contributed by atoms with Crippen LogP contribution >= 0.6 is 0 Å². The molecule has 0 aliphatic carbocycles. The van der Waals surface area contributed by atoms with Crippen LogP contribution in [0.4, 0.5) is 9.59 Å². The maximum absolute atomic E-state index is 14.7. The first-order chi connectivity index (χ1) is 28.8. The minimum absolute atomic E-state index is 0.0535. The molecule has 5 rings (SSSR count). The maximum Gasteiger partial charge on any atom is 0.407 e. The van der Waals surface area contributed by atoms with Crippen LogP contribution in [-0.2, 0) is 29.0 Å². The van der Waals surface area contributed by atoms with E-state index < -0.39 is 53.1 Å². The second-order valence-corrected chi connectivity index (χ2v) is 18.4. The smallest absolute Gasteiger partial charge is 0.407 e. The first-order valence-corrected chi connectivity index (χ1v) is 21.1. The lowest BCUT2D eigenvalue weighted by molar-refractivity contribution is -0.131. The number of urea groups is 1. The number of hydrogen-bond donors (Lipinski definition) is 4. The van der Waals surface area contributed by atoms with Gasteiger partial charge < -0.3 is 30.6 Å². The van der Waals surface area contributed by atoms with E-state index in [2.05, 4.69) is 20.6 Å². The van der Waals surface area contributed by atoms with Crippen LogP contribution in [0.15, 0.2) is 97.2 Å². The molecule has 1 aliphatic heterocycles. The number of amides is 5. The van der Waals surface area contributed by atoms with Gasteiger partial charge in [0.05, 0.1) is 30.1 Å². The molecule has 4 aromatic rings. The van der Waals surface area contributed by atoms with Crippen molar-refractivity contribution in [1.82, 2.24) is 35.3 Å². The zero-order valence-electron chi connectivity index (χ0n) is 36.8. The van der Waals surface area contributed by atoms with Gasteiger partial charge in [-0.3, -0.25) is 24.5 Å². The third-order valence-corrected chi connectivity index (χ3v) is 11.2. The van der Waals surface area contributed by atoms with Crippen molar-refractivity contribution in [3.63, 3.8) is 0 Å². The molecule has 1 saturated heterocycles. The van der Waals surface area contributed by atoms with E-state index in [9.17, 15) is 29.4 Å². The highest BCUT2D eigenvalue weighted by Gasteiger charge is 2.45. The number of aryl methyl sites for hydroxylation is 2. The van der Waals surface area contributed by atoms with Crippen molar-refractivity contribution in [2.75, 3.05) is 20.1 Å². The third kappa shape index (κ3) is 12.6. The molecule has 0 radical (unpaired) electrons. The number of carboxylic acid groups (broad SMARTS) is 1. The van der Waals surface area contributed by atoms with Crippen molar-refractivity contribution >= 4 is 23.9 Å². The molecule has 3 heterocycles. The van der Waals surface area contributed by atoms with Crippen molar-refractivity contribution in [3.05, 3.63) is 120 Å². The van der Waals surface area contributed by atoms with Crippen LogP contribution in [0.25, 0.3) is 11.3 Å². The number of benzene rings is 2. The highest BCUT2D eigenvalue weighted by Crippen LogP contribution is 2.30. The topological polar surface area (TPSA) is 168 Å². The minimum Gasteiger partial charge on any atom is -0.465 e. The molecule has 5 amide bonds. The summed E-state index contributed by atoms with van der Waals surface area (Å²) in [7, 11) is 1.38. The summed E-state index contributed by atoms with van der Waals surface area (Å²) in [5.74, 6) is -0.865. The summed E-state index contributed by atoms with van der Waals surface area (Å²) in [6, 6.07) is 25.5. The summed E-state index contributed by atoms with van der Waals surface area (Å²) in [4.78, 5) is 68.2. The van der Waals surface area contributed by atoms with Gasteiger partial charge >= 0.3 is 12.1 Å². The molecule has 0 unspecified atom stereocenters. The Morgan fingerprint density at radius 3 is 2.11 bits per heavy atom. The number of nitrogens with one attached hydrogen (secondary N) is 2. The molecule has 2 aromatic carbocycles. The SMILES string of the molecule is Cc1cccc(CN2CCN([C@H](C(=O)N[C@@H](CCc3ccc(-c4ccccn4)cc3)[C@@H](O)C[C@H](Cc3ccccc3)NC(=O)[C@@H](N(C)C(=O)O)C(C)(C)C)C(C)(C)C)C2=O)n1. The van der Waals surface area contributed by atoms with Gasteiger partial charge in [-0.1, -0.05) is 108 Å². The molecule has 326 valence electrons. The monoisotopic (exact) mass is 833 g/mol. The molecule has 4 N–H and O–H groups in total. The van der Waals surface area contributed by atoms with Gasteiger partial charge in [0, 0.05) is 43.6 Å². The van der Waals surface area contributed by atoms with E-state index in [4.69, 9.17) is 0 Å². The molecule has 0 saturated carbocycles. The number of rotatable bonds is 17. The fourth-order valence-corrected chi connectivity index (χ4v) is 8.28. The Kier molecular flexibility index (Phi) is 15.3. The predicted octanol–water partition coefficient (Wildman–Crippen LogP) is 6.72. The van der Waals surface area contributed by atoms with E-state index in [-0.39, 0.29) is 18.4 Å². The lowest BCUT2D eigenvalue weighted by Crippen LogP contribution is -2.59. The average molecular weight is 834 g/mol. The van der Waals surface area contributed by atoms with Gasteiger partial charge in [0.25, 0.3) is 0 Å². The van der Waals surface area contributed by atoms with Crippen molar-refractivity contribution in [2.24, 2.45) is 10.8 Å². The van der Waals surface area contributed by atoms with Crippen LogP contribution in [0.3, 0.4) is 0 Å². The molecular weight excluding hydrogens is 771 g/mol. The Morgan fingerprint density at radius 1 is 0.820 bits per heavy atom. The molecule has 5 atom stereocenters. The summed E-state index contributed by atoms with van der Waals surface area (Å²) in [6.07, 6.45) is 0.641. The van der Waals surface area contributed by atoms with Gasteiger partial charge in [-0.15, -0.1) is 0 Å². The lowest BCUT2D eigenvalue weighted by Gasteiger charge is -2.38. The van der Waals surface area contributed by atoms with Crippen LogP contribution in [0, 0.1) is 17.8 Å². The Bertz CT molecular complexity index is 2090. The van der Waals surface area contributed by atoms with E-state index in [1.54, 1.807) is 16.0 Å². The van der Waals surface area contributed by atoms with Gasteiger partial charge in [0.1, 0.15) is 12.1 Å². The van der Waals surface area contributed by atoms with Gasteiger partial charge in [-0.2, -0.15) is 0 Å². The predicted molar refractivity (Wildman–Crippen MR) is 236 cm³/mol. The van der Waals surface area contributed by atoms with Gasteiger partial charge in [0.2, 0.25) is 11.8 Å². The summed E-state index contributed by atoms with van der Waals surface area (Å²) in [5, 5.41) is 28.4. The van der Waals surface area contributed by atoms with Crippen LogP contribution in [0.5, 0.6) is 0 Å². The zero-order valence-corrected chi connectivity index (χ0v) is 36.8. The molecule has 1 fully saturated rings. The van der Waals surface area contributed by atoms with E-state index >= 15 is 0 Å². The highest BCUT2D eigenvalue weighted by molar-refractivity contribution is 5.89. The molecule has 13 nitrogen and oxygen atoms in total. The second-order valence-electron chi connectivity index (χ2n) is 18.4. The van der Waals surface area contributed by atoms with Crippen molar-refractivity contribution in [1.29, 1.82) is 0 Å². The van der Waals surface area contributed by atoms with E-state index in [1.807, 2.05) is 139 Å². The Balaban J connectivity index is 1.42. The van der Waals surface area contributed by atoms with Gasteiger partial charge in [0.15, 0.2) is 0 Å². The van der Waals surface area contributed by atoms with Crippen LogP contribution in [0.1, 0.15) is 76.9 Å². The number of carbonyl (C=O) groups is 4. The number of carbonyl (C=O) groups excluding carboxylic acids is 3. The Hall–Kier alpha value is -5.82. The first kappa shape index (κ1) is 46.2. The molecule has 13 heteroatoms. The normalized spacial score (nSPS) is 15.7. The van der Waals surface area contributed by atoms with Crippen LogP contribution in [-0.4, -0.2) is 109 Å². The largest absolute Gasteiger partial charge is 0.465 e. The molecule has 1 aliphatic rings. The number of aliphatic hydroxyl groups excluding tert-OH is 1. The number of nitrogens with zero attached hydrogens (tertiary/aromatic N) is 5. The fourth-order valence-electron chi connectivity index (χ4n) is 8.28. The van der Waals surface area contributed by atoms with Crippen molar-refractivity contribution in [3.8, 4) is 11.3 Å². The number of aliphatic hydroxyl groups is 1. The first-order valence-electron chi connectivity index (χ1n) is 21.1. The van der Waals surface area contributed by atoms with Crippen LogP contribution in [0.2, 0.25) is 0 Å². The third-order valence-electron chi connectivity index (χ3n) is 11.2. The van der Waals surface area contributed by atoms with E-state index in [0.29, 0.717) is 38.9 Å². The summed E-state index contributed by atoms with van der Waals surface area (Å²) in [5.41, 5.74) is 3.94. The molecule has 0 spiro atoms. The molecule has 61 heavy (non-hydrogen) atoms. The van der Waals surface area contributed by atoms with Crippen molar-refractivity contribution < 1.29 is 29.4 Å². The number of hydrogen-bond acceptors (Lipinski definition) is 7. The average Bonchev–Trinajstić information content (AvgIpc) is 3.54. The van der Waals surface area contributed by atoms with E-state index in [0.717, 1.165) is 38.7 Å². The van der Waals surface area contributed by atoms with E-state index in [1.165, 1.54) is 7.05 Å². The summed E-state index contributed by atoms with van der Waals surface area (Å²) < 4.78 is 0. The number of pyridine rings is 2. The maximum atomic E-state index is 14.7. The van der Waals surface area contributed by atoms with Crippen molar-refractivity contribution in [2.45, 2.75) is 111 Å². The quantitative estimate of drug-likeness (QED) is 0.0909.